The molecule has 0 saturated carbocycles. The third kappa shape index (κ3) is 6.62. The molecular weight excluding hydrogens is 198 g/mol. The van der Waals surface area contributed by atoms with Crippen LogP contribution in [-0.2, 0) is 4.79 Å². The zero-order valence-corrected chi connectivity index (χ0v) is 7.38. The van der Waals surface area contributed by atoms with E-state index in [1.54, 1.807) is 0 Å². The van der Waals surface area contributed by atoms with Gasteiger partial charge in [-0.05, 0) is 0 Å². The van der Waals surface area contributed by atoms with Crippen LogP contribution >= 0.6 is 34.8 Å². The van der Waals surface area contributed by atoms with Crippen LogP contribution in [0.15, 0.2) is 0 Å². The van der Waals surface area contributed by atoms with Gasteiger partial charge in [-0.25, -0.2) is 0 Å². The van der Waals surface area contributed by atoms with Gasteiger partial charge >= 0.3 is 0 Å². The predicted octanol–water partition coefficient (Wildman–Crippen LogP) is 1.70. The van der Waals surface area contributed by atoms with Gasteiger partial charge in [0.05, 0.1) is 6.42 Å². The Hall–Kier alpha value is 0.500. The summed E-state index contributed by atoms with van der Waals surface area (Å²) in [6.07, 6.45) is -0.0911. The molecule has 10 heavy (non-hydrogen) atoms. The number of hydrogen-bond donors (Lipinski definition) is 1. The Bertz CT molecular complexity index is 119. The molecule has 5 heteroatoms. The van der Waals surface area contributed by atoms with Crippen molar-refractivity contribution in [1.82, 2.24) is 0 Å². The van der Waals surface area contributed by atoms with E-state index < -0.39 is 3.79 Å². The van der Waals surface area contributed by atoms with Gasteiger partial charge in [0.15, 0.2) is 3.79 Å². The molecule has 0 heterocycles. The number of hydrogen-bond acceptors (Lipinski definition) is 2. The average Bonchev–Trinajstić information content (AvgIpc) is 1.59. The molecule has 0 aliphatic rings. The van der Waals surface area contributed by atoms with Crippen LogP contribution < -0.4 is 0 Å². The SMILES string of the molecule is O=C(CCO)CC(Cl)(Cl)Cl. The molecule has 0 aromatic rings. The summed E-state index contributed by atoms with van der Waals surface area (Å²) in [4.78, 5) is 10.6. The molecule has 0 spiro atoms. The Kier molecular flexibility index (Phi) is 4.61. The lowest BCUT2D eigenvalue weighted by Crippen LogP contribution is -2.12. The molecule has 60 valence electrons. The lowest BCUT2D eigenvalue weighted by molar-refractivity contribution is -0.119. The van der Waals surface area contributed by atoms with Crippen LogP contribution in [0, 0.1) is 0 Å². The molecule has 0 aliphatic carbocycles. The van der Waals surface area contributed by atoms with E-state index in [0.717, 1.165) is 0 Å². The lowest BCUT2D eigenvalue weighted by Gasteiger charge is -2.07. The van der Waals surface area contributed by atoms with Crippen LogP contribution in [0.5, 0.6) is 0 Å². The molecule has 1 N–H and O–H groups in total. The van der Waals surface area contributed by atoms with Gasteiger partial charge in [0, 0.05) is 13.0 Å². The van der Waals surface area contributed by atoms with Gasteiger partial charge in [0.25, 0.3) is 0 Å². The van der Waals surface area contributed by atoms with Gasteiger partial charge < -0.3 is 5.11 Å². The fourth-order valence-corrected chi connectivity index (χ4v) is 0.884. The van der Waals surface area contributed by atoms with Crippen LogP contribution in [0.4, 0.5) is 0 Å². The lowest BCUT2D eigenvalue weighted by atomic mass is 10.2. The molecule has 2 nitrogen and oxygen atoms in total. The maximum absolute atomic E-state index is 10.6. The number of ketones is 1. The molecule has 0 bridgehead atoms. The van der Waals surface area contributed by atoms with Crippen LogP contribution in [0.25, 0.3) is 0 Å². The molecule has 0 radical (unpaired) electrons. The number of aliphatic hydroxyl groups excluding tert-OH is 1. The quantitative estimate of drug-likeness (QED) is 0.712. The van der Waals surface area contributed by atoms with E-state index in [0.29, 0.717) is 0 Å². The zero-order chi connectivity index (χ0) is 8.20. The Morgan fingerprint density at radius 3 is 2.20 bits per heavy atom. The molecule has 0 saturated heterocycles. The number of rotatable bonds is 3. The fourth-order valence-electron chi connectivity index (χ4n) is 0.437. The van der Waals surface area contributed by atoms with E-state index in [2.05, 4.69) is 0 Å². The average molecular weight is 205 g/mol. The highest BCUT2D eigenvalue weighted by Crippen LogP contribution is 2.30. The highest BCUT2D eigenvalue weighted by Gasteiger charge is 2.23. The number of halogens is 3. The minimum atomic E-state index is -1.52. The van der Waals surface area contributed by atoms with Gasteiger partial charge in [0.2, 0.25) is 0 Å². The molecular formula is C5H7Cl3O2. The second-order valence-corrected chi connectivity index (χ2v) is 4.32. The van der Waals surface area contributed by atoms with Crippen molar-refractivity contribution < 1.29 is 9.90 Å². The second kappa shape index (κ2) is 4.39. The van der Waals surface area contributed by atoms with Crippen molar-refractivity contribution in [1.29, 1.82) is 0 Å². The fraction of sp³-hybridized carbons (Fsp3) is 0.800. The summed E-state index contributed by atoms with van der Waals surface area (Å²) in [6, 6.07) is 0. The minimum Gasteiger partial charge on any atom is -0.396 e. The Morgan fingerprint density at radius 2 is 1.90 bits per heavy atom. The van der Waals surface area contributed by atoms with Crippen LogP contribution in [0.3, 0.4) is 0 Å². The topological polar surface area (TPSA) is 37.3 Å². The first kappa shape index (κ1) is 10.5. The number of carbonyl (C=O) groups excluding carboxylic acids is 1. The molecule has 0 aliphatic heterocycles. The maximum Gasteiger partial charge on any atom is 0.197 e. The monoisotopic (exact) mass is 204 g/mol. The van der Waals surface area contributed by atoms with Crippen molar-refractivity contribution in [2.75, 3.05) is 6.61 Å². The van der Waals surface area contributed by atoms with E-state index in [-0.39, 0.29) is 25.2 Å². The van der Waals surface area contributed by atoms with Gasteiger partial charge in [-0.1, -0.05) is 34.8 Å². The summed E-state index contributed by atoms with van der Waals surface area (Å²) in [6.45, 7) is -0.195. The molecule has 0 atom stereocenters. The molecule has 0 aromatic heterocycles. The van der Waals surface area contributed by atoms with Crippen molar-refractivity contribution in [2.24, 2.45) is 0 Å². The number of alkyl halides is 3. The highest BCUT2D eigenvalue weighted by atomic mass is 35.6. The van der Waals surface area contributed by atoms with Gasteiger partial charge in [0.1, 0.15) is 5.78 Å². The van der Waals surface area contributed by atoms with Crippen molar-refractivity contribution >= 4 is 40.6 Å². The van der Waals surface area contributed by atoms with Crippen LogP contribution in [0.1, 0.15) is 12.8 Å². The first-order valence-electron chi connectivity index (χ1n) is 2.65. The van der Waals surface area contributed by atoms with E-state index in [4.69, 9.17) is 39.9 Å². The smallest absolute Gasteiger partial charge is 0.197 e. The summed E-state index contributed by atoms with van der Waals surface area (Å²) >= 11 is 15.9. The third-order valence-electron chi connectivity index (χ3n) is 0.788. The molecule has 0 fully saturated rings. The number of carbonyl (C=O) groups is 1. The number of Topliss-reactive ketones (excluding diaryl/α,β-unsaturated/α-hetero) is 1. The molecule has 0 amide bonds. The van der Waals surface area contributed by atoms with Gasteiger partial charge in [-0.3, -0.25) is 4.79 Å². The van der Waals surface area contributed by atoms with Crippen molar-refractivity contribution in [3.8, 4) is 0 Å². The summed E-state index contributed by atoms with van der Waals surface area (Å²) < 4.78 is -1.52. The summed E-state index contributed by atoms with van der Waals surface area (Å²) in [5, 5.41) is 8.28. The molecule has 0 unspecified atom stereocenters. The Balaban J connectivity index is 3.58. The van der Waals surface area contributed by atoms with Crippen LogP contribution in [0.2, 0.25) is 0 Å². The minimum absolute atomic E-state index is 0.0495. The summed E-state index contributed by atoms with van der Waals surface area (Å²) in [7, 11) is 0. The van der Waals surface area contributed by atoms with Gasteiger partial charge in [-0.15, -0.1) is 0 Å². The molecule has 0 aromatic carbocycles. The first-order chi connectivity index (χ1) is 4.45. The Morgan fingerprint density at radius 1 is 1.40 bits per heavy atom. The zero-order valence-electron chi connectivity index (χ0n) is 5.11. The van der Waals surface area contributed by atoms with E-state index in [1.165, 1.54) is 0 Å². The Labute approximate surface area is 74.1 Å². The number of aliphatic hydroxyl groups is 1. The second-order valence-electron chi connectivity index (χ2n) is 1.80. The third-order valence-corrected chi connectivity index (χ3v) is 1.19. The van der Waals surface area contributed by atoms with Crippen molar-refractivity contribution in [2.45, 2.75) is 16.6 Å². The standard InChI is InChI=1S/C5H7Cl3O2/c6-5(7,8)3-4(10)1-2-9/h9H,1-3H2. The van der Waals surface area contributed by atoms with Crippen LogP contribution in [-0.4, -0.2) is 21.3 Å². The highest BCUT2D eigenvalue weighted by molar-refractivity contribution is 6.68. The first-order valence-corrected chi connectivity index (χ1v) is 3.78. The van der Waals surface area contributed by atoms with E-state index in [1.807, 2.05) is 0 Å². The van der Waals surface area contributed by atoms with E-state index in [9.17, 15) is 4.79 Å². The normalized spacial score (nSPS) is 11.6. The van der Waals surface area contributed by atoms with Gasteiger partial charge in [-0.2, -0.15) is 0 Å². The predicted molar refractivity (Wildman–Crippen MR) is 41.6 cm³/mol. The van der Waals surface area contributed by atoms with Crippen molar-refractivity contribution in [3.63, 3.8) is 0 Å². The van der Waals surface area contributed by atoms with Crippen molar-refractivity contribution in [3.05, 3.63) is 0 Å². The molecule has 0 rings (SSSR count). The maximum atomic E-state index is 10.6. The van der Waals surface area contributed by atoms with E-state index >= 15 is 0 Å². The summed E-state index contributed by atoms with van der Waals surface area (Å²) in [5.74, 6) is -0.248. The largest absolute Gasteiger partial charge is 0.396 e. The summed E-state index contributed by atoms with van der Waals surface area (Å²) in [5.41, 5.74) is 0.